The average Bonchev–Trinajstić information content (AvgIpc) is 2.68. The number of alkyl halides is 3. The molecule has 1 aliphatic rings. The third-order valence-corrected chi connectivity index (χ3v) is 5.47. The van der Waals surface area contributed by atoms with Crippen molar-refractivity contribution in [1.82, 2.24) is 0 Å². The quantitative estimate of drug-likeness (QED) is 0.430. The number of hydrogen-bond donors (Lipinski definition) is 0. The summed E-state index contributed by atoms with van der Waals surface area (Å²) in [6, 6.07) is 21.5. The molecule has 0 radical (unpaired) electrons. The van der Waals surface area contributed by atoms with Gasteiger partial charge in [-0.1, -0.05) is 58.4 Å². The van der Waals surface area contributed by atoms with E-state index in [4.69, 9.17) is 0 Å². The van der Waals surface area contributed by atoms with Crippen LogP contribution < -0.4 is 4.90 Å². The monoisotopic (exact) mass is 445 g/mol. The van der Waals surface area contributed by atoms with E-state index in [-0.39, 0.29) is 17.9 Å². The highest BCUT2D eigenvalue weighted by Gasteiger charge is 2.49. The summed E-state index contributed by atoms with van der Waals surface area (Å²) < 4.78 is 39.5. The molecular formula is C22H15BrF3NO. The predicted octanol–water partition coefficient (Wildman–Crippen LogP) is 6.34. The topological polar surface area (TPSA) is 20.3 Å². The first kappa shape index (κ1) is 18.7. The molecule has 2 atom stereocenters. The lowest BCUT2D eigenvalue weighted by Crippen LogP contribution is -2.53. The van der Waals surface area contributed by atoms with Crippen LogP contribution in [0.1, 0.15) is 28.7 Å². The van der Waals surface area contributed by atoms with Crippen LogP contribution in [0.25, 0.3) is 0 Å². The zero-order chi connectivity index (χ0) is 19.9. The third kappa shape index (κ3) is 3.33. The Morgan fingerprint density at radius 3 is 1.96 bits per heavy atom. The van der Waals surface area contributed by atoms with E-state index in [9.17, 15) is 18.0 Å². The molecular weight excluding hydrogens is 431 g/mol. The van der Waals surface area contributed by atoms with Crippen LogP contribution in [-0.4, -0.2) is 5.91 Å². The number of nitrogens with zero attached hydrogens (tertiary/aromatic N) is 1. The zero-order valence-corrected chi connectivity index (χ0v) is 16.1. The second-order valence-electron chi connectivity index (χ2n) is 6.64. The molecule has 0 bridgehead atoms. The van der Waals surface area contributed by atoms with Gasteiger partial charge in [0.05, 0.1) is 17.5 Å². The van der Waals surface area contributed by atoms with Crippen LogP contribution >= 0.6 is 15.9 Å². The van der Waals surface area contributed by atoms with Gasteiger partial charge < -0.3 is 4.90 Å². The van der Waals surface area contributed by atoms with Gasteiger partial charge in [-0.3, -0.25) is 4.79 Å². The van der Waals surface area contributed by atoms with Gasteiger partial charge >= 0.3 is 6.18 Å². The molecule has 0 spiro atoms. The fourth-order valence-corrected chi connectivity index (χ4v) is 3.84. The Balaban J connectivity index is 1.73. The van der Waals surface area contributed by atoms with Crippen molar-refractivity contribution in [3.8, 4) is 0 Å². The van der Waals surface area contributed by atoms with Gasteiger partial charge in [0.25, 0.3) is 0 Å². The molecule has 1 saturated heterocycles. The van der Waals surface area contributed by atoms with Crippen molar-refractivity contribution in [2.75, 3.05) is 4.90 Å². The highest BCUT2D eigenvalue weighted by atomic mass is 79.9. The normalized spacial score (nSPS) is 19.4. The molecule has 0 aromatic heterocycles. The lowest BCUT2D eigenvalue weighted by Gasteiger charge is -2.47. The number of carbonyl (C=O) groups is 1. The molecule has 0 N–H and O–H groups in total. The molecule has 3 aromatic carbocycles. The second kappa shape index (κ2) is 7.09. The largest absolute Gasteiger partial charge is 0.416 e. The molecule has 1 aliphatic heterocycles. The number of anilines is 1. The van der Waals surface area contributed by atoms with Gasteiger partial charge in [-0.15, -0.1) is 0 Å². The number of benzene rings is 3. The van der Waals surface area contributed by atoms with Gasteiger partial charge in [0.15, 0.2) is 0 Å². The summed E-state index contributed by atoms with van der Waals surface area (Å²) in [6.07, 6.45) is -4.41. The van der Waals surface area contributed by atoms with E-state index >= 15 is 0 Å². The second-order valence-corrected chi connectivity index (χ2v) is 7.55. The smallest absolute Gasteiger partial charge is 0.303 e. The van der Waals surface area contributed by atoms with Crippen LogP contribution in [0.3, 0.4) is 0 Å². The minimum absolute atomic E-state index is 0.126. The van der Waals surface area contributed by atoms with E-state index in [2.05, 4.69) is 15.9 Å². The Morgan fingerprint density at radius 2 is 1.39 bits per heavy atom. The average molecular weight is 446 g/mol. The minimum atomic E-state index is -4.41. The Labute approximate surface area is 168 Å². The Bertz CT molecular complexity index is 985. The summed E-state index contributed by atoms with van der Waals surface area (Å²) in [5.74, 6) is -0.497. The summed E-state index contributed by atoms with van der Waals surface area (Å²) in [7, 11) is 0. The van der Waals surface area contributed by atoms with Crippen molar-refractivity contribution in [2.45, 2.75) is 18.1 Å². The van der Waals surface area contributed by atoms with Crippen molar-refractivity contribution >= 4 is 27.5 Å². The molecule has 1 heterocycles. The van der Waals surface area contributed by atoms with Crippen LogP contribution in [0.5, 0.6) is 0 Å². The minimum Gasteiger partial charge on any atom is -0.303 e. The zero-order valence-electron chi connectivity index (χ0n) is 14.5. The number of hydrogen-bond acceptors (Lipinski definition) is 1. The fraction of sp³-hybridized carbons (Fsp3) is 0.136. The van der Waals surface area contributed by atoms with Crippen molar-refractivity contribution < 1.29 is 18.0 Å². The molecule has 2 unspecified atom stereocenters. The number of halogens is 4. The van der Waals surface area contributed by atoms with E-state index in [0.717, 1.165) is 27.7 Å². The van der Waals surface area contributed by atoms with Gasteiger partial charge in [-0.2, -0.15) is 13.2 Å². The number of β-lactam (4-membered cyclic amide) rings is 1. The molecule has 0 saturated carbocycles. The molecule has 4 rings (SSSR count). The molecule has 6 heteroatoms. The summed E-state index contributed by atoms with van der Waals surface area (Å²) in [5, 5.41) is 0. The Hall–Kier alpha value is -2.60. The summed E-state index contributed by atoms with van der Waals surface area (Å²) >= 11 is 3.41. The lowest BCUT2D eigenvalue weighted by atomic mass is 9.77. The Morgan fingerprint density at radius 1 is 0.786 bits per heavy atom. The van der Waals surface area contributed by atoms with Gasteiger partial charge in [0.2, 0.25) is 5.91 Å². The van der Waals surface area contributed by atoms with Crippen LogP contribution in [0.15, 0.2) is 83.3 Å². The fourth-order valence-electron chi connectivity index (χ4n) is 3.57. The maximum atomic E-state index is 13.0. The third-order valence-electron chi connectivity index (χ3n) is 4.94. The lowest BCUT2D eigenvalue weighted by molar-refractivity contribution is -0.137. The van der Waals surface area contributed by atoms with Crippen LogP contribution in [-0.2, 0) is 11.0 Å². The molecule has 1 amide bonds. The van der Waals surface area contributed by atoms with E-state index in [1.807, 2.05) is 54.6 Å². The van der Waals surface area contributed by atoms with E-state index in [1.54, 1.807) is 4.90 Å². The molecule has 142 valence electrons. The number of amides is 1. The molecule has 0 aliphatic carbocycles. The van der Waals surface area contributed by atoms with Crippen LogP contribution in [0.4, 0.5) is 18.9 Å². The van der Waals surface area contributed by atoms with Crippen molar-refractivity contribution in [2.24, 2.45) is 0 Å². The van der Waals surface area contributed by atoms with Crippen LogP contribution in [0.2, 0.25) is 0 Å². The molecule has 3 aromatic rings. The van der Waals surface area contributed by atoms with Crippen LogP contribution in [0, 0.1) is 0 Å². The van der Waals surface area contributed by atoms with Gasteiger partial charge in [0, 0.05) is 10.2 Å². The number of rotatable bonds is 3. The standard InChI is InChI=1S/C22H15BrF3NO/c23-17-10-6-15(7-11-17)20-19(14-4-2-1-3-5-14)21(28)27(20)18-12-8-16(9-13-18)22(24,25)26/h1-13,19-20H. The van der Waals surface area contributed by atoms with Gasteiger partial charge in [-0.25, -0.2) is 0 Å². The maximum absolute atomic E-state index is 13.0. The summed E-state index contributed by atoms with van der Waals surface area (Å²) in [6.45, 7) is 0. The first-order chi connectivity index (χ1) is 13.4. The van der Waals surface area contributed by atoms with E-state index in [1.165, 1.54) is 12.1 Å². The van der Waals surface area contributed by atoms with Gasteiger partial charge in [-0.05, 0) is 47.5 Å². The van der Waals surface area contributed by atoms with E-state index in [0.29, 0.717) is 5.69 Å². The molecule has 28 heavy (non-hydrogen) atoms. The molecule has 2 nitrogen and oxygen atoms in total. The SMILES string of the molecule is O=C1C(c2ccccc2)C(c2ccc(Br)cc2)N1c1ccc(C(F)(F)F)cc1. The first-order valence-corrected chi connectivity index (χ1v) is 9.46. The van der Waals surface area contributed by atoms with Crippen molar-refractivity contribution in [1.29, 1.82) is 0 Å². The highest BCUT2D eigenvalue weighted by molar-refractivity contribution is 9.10. The Kier molecular flexibility index (Phi) is 4.75. The number of carbonyl (C=O) groups excluding carboxylic acids is 1. The summed E-state index contributed by atoms with van der Waals surface area (Å²) in [4.78, 5) is 14.6. The maximum Gasteiger partial charge on any atom is 0.416 e. The van der Waals surface area contributed by atoms with Gasteiger partial charge in [0.1, 0.15) is 0 Å². The molecule has 1 fully saturated rings. The predicted molar refractivity (Wildman–Crippen MR) is 105 cm³/mol. The van der Waals surface area contributed by atoms with Crippen molar-refractivity contribution in [3.05, 3.63) is 100 Å². The highest BCUT2D eigenvalue weighted by Crippen LogP contribution is 2.49. The summed E-state index contributed by atoms with van der Waals surface area (Å²) in [5.41, 5.74) is 1.54. The first-order valence-electron chi connectivity index (χ1n) is 8.67. The van der Waals surface area contributed by atoms with E-state index < -0.39 is 11.7 Å². The van der Waals surface area contributed by atoms with Crippen molar-refractivity contribution in [3.63, 3.8) is 0 Å².